The molecule has 0 aliphatic rings. The van der Waals surface area contributed by atoms with E-state index in [9.17, 15) is 0 Å². The van der Waals surface area contributed by atoms with Gasteiger partial charge in [0, 0.05) is 11.9 Å². The van der Waals surface area contributed by atoms with Gasteiger partial charge in [0.2, 0.25) is 0 Å². The molecule has 0 radical (unpaired) electrons. The molecule has 1 aromatic carbocycles. The van der Waals surface area contributed by atoms with E-state index in [1.165, 1.54) is 6.39 Å². The second-order valence-corrected chi connectivity index (χ2v) is 3.38. The molecule has 0 saturated heterocycles. The number of aromatic nitrogens is 1. The Labute approximate surface area is 87.1 Å². The largest absolute Gasteiger partial charge is 0.443 e. The maximum Gasteiger partial charge on any atom is 0.181 e. The lowest BCUT2D eigenvalue weighted by Gasteiger charge is -2.12. The molecule has 2 rings (SSSR count). The molecule has 0 aliphatic carbocycles. The van der Waals surface area contributed by atoms with Gasteiger partial charge in [-0.25, -0.2) is 4.98 Å². The van der Waals surface area contributed by atoms with E-state index in [4.69, 9.17) is 16.0 Å². The Morgan fingerprint density at radius 1 is 1.57 bits per heavy atom. The highest BCUT2D eigenvalue weighted by Crippen LogP contribution is 2.20. The number of hydrogen-bond acceptors (Lipinski definition) is 3. The van der Waals surface area contributed by atoms with E-state index in [1.54, 1.807) is 0 Å². The lowest BCUT2D eigenvalue weighted by Crippen LogP contribution is -2.17. The number of fused-ring (bicyclic) bond motifs is 1. The Kier molecular flexibility index (Phi) is 2.70. The van der Waals surface area contributed by atoms with Crippen LogP contribution >= 0.6 is 11.6 Å². The third-order valence-corrected chi connectivity index (χ3v) is 2.57. The number of nitrogens with zero attached hydrogens (tertiary/aromatic N) is 1. The van der Waals surface area contributed by atoms with Crippen LogP contribution in [0.15, 0.2) is 29.0 Å². The molecule has 0 bridgehead atoms. The highest BCUT2D eigenvalue weighted by atomic mass is 35.5. The van der Waals surface area contributed by atoms with Crippen molar-refractivity contribution < 1.29 is 4.42 Å². The molecule has 1 N–H and O–H groups in total. The highest BCUT2D eigenvalue weighted by molar-refractivity contribution is 6.18. The minimum atomic E-state index is 0.158. The van der Waals surface area contributed by atoms with E-state index in [0.717, 1.165) is 16.7 Å². The van der Waals surface area contributed by atoms with Crippen LogP contribution in [-0.4, -0.2) is 17.9 Å². The molecule has 0 saturated carbocycles. The molecule has 0 fully saturated rings. The fourth-order valence-electron chi connectivity index (χ4n) is 1.42. The molecular weight excluding hydrogens is 200 g/mol. The SMILES string of the molecule is CNC(CCl)c1ccc2ncoc2c1. The molecule has 0 spiro atoms. The van der Waals surface area contributed by atoms with Gasteiger partial charge in [-0.15, -0.1) is 11.6 Å². The summed E-state index contributed by atoms with van der Waals surface area (Å²) in [7, 11) is 1.89. The van der Waals surface area contributed by atoms with Gasteiger partial charge in [0.25, 0.3) is 0 Å². The van der Waals surface area contributed by atoms with Gasteiger partial charge in [0.1, 0.15) is 5.52 Å². The van der Waals surface area contributed by atoms with Crippen LogP contribution in [0.25, 0.3) is 11.1 Å². The van der Waals surface area contributed by atoms with Gasteiger partial charge >= 0.3 is 0 Å². The summed E-state index contributed by atoms with van der Waals surface area (Å²) in [6, 6.07) is 6.07. The van der Waals surface area contributed by atoms with Crippen LogP contribution in [0.4, 0.5) is 0 Å². The van der Waals surface area contributed by atoms with Crippen molar-refractivity contribution in [2.75, 3.05) is 12.9 Å². The first-order valence-corrected chi connectivity index (χ1v) is 4.95. The van der Waals surface area contributed by atoms with Crippen molar-refractivity contribution >= 4 is 22.7 Å². The van der Waals surface area contributed by atoms with Gasteiger partial charge in [-0.05, 0) is 24.7 Å². The number of benzene rings is 1. The summed E-state index contributed by atoms with van der Waals surface area (Å²) in [6.07, 6.45) is 1.45. The monoisotopic (exact) mass is 210 g/mol. The summed E-state index contributed by atoms with van der Waals surface area (Å²) < 4.78 is 5.22. The smallest absolute Gasteiger partial charge is 0.181 e. The van der Waals surface area contributed by atoms with Crippen molar-refractivity contribution in [3.05, 3.63) is 30.2 Å². The number of halogens is 1. The highest BCUT2D eigenvalue weighted by Gasteiger charge is 2.09. The lowest BCUT2D eigenvalue weighted by molar-refractivity contribution is 0.599. The molecule has 0 amide bonds. The Balaban J connectivity index is 2.42. The van der Waals surface area contributed by atoms with E-state index in [2.05, 4.69) is 10.3 Å². The minimum absolute atomic E-state index is 0.158. The molecule has 1 unspecified atom stereocenters. The minimum Gasteiger partial charge on any atom is -0.443 e. The van der Waals surface area contributed by atoms with Gasteiger partial charge in [-0.2, -0.15) is 0 Å². The Hall–Kier alpha value is -1.06. The summed E-state index contributed by atoms with van der Waals surface area (Å²) in [6.45, 7) is 0. The van der Waals surface area contributed by atoms with Crippen LogP contribution in [-0.2, 0) is 0 Å². The van der Waals surface area contributed by atoms with Crippen LogP contribution in [0.1, 0.15) is 11.6 Å². The average Bonchev–Trinajstić information content (AvgIpc) is 2.66. The molecule has 1 aromatic heterocycles. The van der Waals surface area contributed by atoms with Crippen LogP contribution in [0.3, 0.4) is 0 Å². The zero-order chi connectivity index (χ0) is 9.97. The first kappa shape index (κ1) is 9.49. The molecular formula is C10H11ClN2O. The molecule has 14 heavy (non-hydrogen) atoms. The van der Waals surface area contributed by atoms with E-state index in [1.807, 2.05) is 25.2 Å². The van der Waals surface area contributed by atoms with E-state index >= 15 is 0 Å². The lowest BCUT2D eigenvalue weighted by atomic mass is 10.1. The fourth-order valence-corrected chi connectivity index (χ4v) is 1.75. The third-order valence-electron chi connectivity index (χ3n) is 2.26. The normalized spacial score (nSPS) is 13.3. The van der Waals surface area contributed by atoms with Gasteiger partial charge in [-0.3, -0.25) is 0 Å². The zero-order valence-corrected chi connectivity index (χ0v) is 8.58. The molecule has 4 heteroatoms. The van der Waals surface area contributed by atoms with Crippen molar-refractivity contribution in [3.63, 3.8) is 0 Å². The van der Waals surface area contributed by atoms with Gasteiger partial charge in [-0.1, -0.05) is 6.07 Å². The maximum absolute atomic E-state index is 5.82. The van der Waals surface area contributed by atoms with Crippen molar-refractivity contribution in [2.45, 2.75) is 6.04 Å². The topological polar surface area (TPSA) is 38.1 Å². The van der Waals surface area contributed by atoms with E-state index < -0.39 is 0 Å². The summed E-state index contributed by atoms with van der Waals surface area (Å²) in [5.74, 6) is 0.538. The fraction of sp³-hybridized carbons (Fsp3) is 0.300. The summed E-state index contributed by atoms with van der Waals surface area (Å²) >= 11 is 5.82. The summed E-state index contributed by atoms with van der Waals surface area (Å²) in [5, 5.41) is 3.13. The molecule has 2 aromatic rings. The van der Waals surface area contributed by atoms with Crippen molar-refractivity contribution in [1.82, 2.24) is 10.3 Å². The van der Waals surface area contributed by atoms with E-state index in [-0.39, 0.29) is 6.04 Å². The molecule has 74 valence electrons. The van der Waals surface area contributed by atoms with Crippen LogP contribution in [0.2, 0.25) is 0 Å². The van der Waals surface area contributed by atoms with E-state index in [0.29, 0.717) is 5.88 Å². The molecule has 1 heterocycles. The second kappa shape index (κ2) is 3.98. The number of hydrogen-bond donors (Lipinski definition) is 1. The second-order valence-electron chi connectivity index (χ2n) is 3.08. The number of nitrogens with one attached hydrogen (secondary N) is 1. The Morgan fingerprint density at radius 3 is 3.14 bits per heavy atom. The Bertz CT molecular complexity index is 423. The Morgan fingerprint density at radius 2 is 2.43 bits per heavy atom. The number of oxazole rings is 1. The van der Waals surface area contributed by atoms with Crippen LogP contribution in [0, 0.1) is 0 Å². The first-order valence-electron chi connectivity index (χ1n) is 4.41. The quantitative estimate of drug-likeness (QED) is 0.791. The first-order chi connectivity index (χ1) is 6.85. The van der Waals surface area contributed by atoms with Gasteiger partial charge < -0.3 is 9.73 Å². The average molecular weight is 211 g/mol. The number of rotatable bonds is 3. The zero-order valence-electron chi connectivity index (χ0n) is 7.83. The van der Waals surface area contributed by atoms with Crippen molar-refractivity contribution in [1.29, 1.82) is 0 Å². The van der Waals surface area contributed by atoms with Gasteiger partial charge in [0.15, 0.2) is 12.0 Å². The van der Waals surface area contributed by atoms with Crippen molar-refractivity contribution in [3.8, 4) is 0 Å². The molecule has 1 atom stereocenters. The third kappa shape index (κ3) is 1.61. The predicted octanol–water partition coefficient (Wildman–Crippen LogP) is 2.33. The van der Waals surface area contributed by atoms with Crippen LogP contribution in [0.5, 0.6) is 0 Å². The number of alkyl halides is 1. The van der Waals surface area contributed by atoms with Crippen LogP contribution < -0.4 is 5.32 Å². The maximum atomic E-state index is 5.82. The summed E-state index contributed by atoms with van der Waals surface area (Å²) in [5.41, 5.74) is 2.79. The molecule has 0 aliphatic heterocycles. The molecule has 3 nitrogen and oxygen atoms in total. The summed E-state index contributed by atoms with van der Waals surface area (Å²) in [4.78, 5) is 4.05. The predicted molar refractivity (Wildman–Crippen MR) is 56.5 cm³/mol. The van der Waals surface area contributed by atoms with Crippen molar-refractivity contribution in [2.24, 2.45) is 0 Å². The van der Waals surface area contributed by atoms with Gasteiger partial charge in [0.05, 0.1) is 0 Å². The standard InChI is InChI=1S/C10H11ClN2O/c1-12-9(5-11)7-2-3-8-10(4-7)14-6-13-8/h2-4,6,9,12H,5H2,1H3.